The Labute approximate surface area is 177 Å². The first-order chi connectivity index (χ1) is 14.6. The van der Waals surface area contributed by atoms with E-state index in [1.54, 1.807) is 17.0 Å². The number of carbonyl (C=O) groups is 1. The number of fused-ring (bicyclic) bond motifs is 1. The molecule has 5 nitrogen and oxygen atoms in total. The summed E-state index contributed by atoms with van der Waals surface area (Å²) in [6.45, 7) is 0.193. The van der Waals surface area contributed by atoms with E-state index in [1.807, 2.05) is 0 Å². The minimum atomic E-state index is -4.65. The second-order valence-corrected chi connectivity index (χ2v) is 9.78. The van der Waals surface area contributed by atoms with Crippen molar-refractivity contribution < 1.29 is 30.8 Å². The van der Waals surface area contributed by atoms with Gasteiger partial charge in [0, 0.05) is 31.6 Å². The Kier molecular flexibility index (Phi) is 5.55. The lowest BCUT2D eigenvalue weighted by atomic mass is 9.96. The van der Waals surface area contributed by atoms with Crippen LogP contribution in [-0.2, 0) is 27.4 Å². The molecule has 1 amide bonds. The quantitative estimate of drug-likeness (QED) is 0.664. The molecular formula is C21H20F4N2O3S. The number of hydrogen-bond acceptors (Lipinski definition) is 3. The molecule has 0 radical (unpaired) electrons. The average molecular weight is 456 g/mol. The van der Waals surface area contributed by atoms with E-state index in [0.717, 1.165) is 22.5 Å². The second kappa shape index (κ2) is 7.90. The predicted octanol–water partition coefficient (Wildman–Crippen LogP) is 3.31. The van der Waals surface area contributed by atoms with E-state index < -0.39 is 26.7 Å². The van der Waals surface area contributed by atoms with Crippen molar-refractivity contribution in [3.63, 3.8) is 0 Å². The number of benzene rings is 2. The molecular weight excluding hydrogens is 436 g/mol. The maximum atomic E-state index is 13.4. The molecule has 0 saturated carbocycles. The molecule has 0 aliphatic carbocycles. The minimum Gasteiger partial charge on any atom is -0.337 e. The summed E-state index contributed by atoms with van der Waals surface area (Å²) in [5.74, 6) is -0.882. The van der Waals surface area contributed by atoms with Crippen LogP contribution in [0.3, 0.4) is 0 Å². The zero-order valence-corrected chi connectivity index (χ0v) is 17.2. The van der Waals surface area contributed by atoms with E-state index in [2.05, 4.69) is 0 Å². The van der Waals surface area contributed by atoms with Crippen molar-refractivity contribution in [1.29, 1.82) is 0 Å². The smallest absolute Gasteiger partial charge is 0.337 e. The monoisotopic (exact) mass is 456 g/mol. The molecule has 2 atom stereocenters. The van der Waals surface area contributed by atoms with Crippen LogP contribution in [0, 0.1) is 11.7 Å². The summed E-state index contributed by atoms with van der Waals surface area (Å²) in [4.78, 5) is 14.0. The largest absolute Gasteiger partial charge is 0.416 e. The first-order valence-electron chi connectivity index (χ1n) is 9.78. The van der Waals surface area contributed by atoms with E-state index in [4.69, 9.17) is 0 Å². The van der Waals surface area contributed by atoms with Gasteiger partial charge in [0.25, 0.3) is 0 Å². The summed E-state index contributed by atoms with van der Waals surface area (Å²) in [7, 11) is -4.14. The van der Waals surface area contributed by atoms with Gasteiger partial charge in [0.15, 0.2) is 0 Å². The fraction of sp³-hybridized carbons (Fsp3) is 0.381. The third-order valence-electron chi connectivity index (χ3n) is 5.80. The maximum absolute atomic E-state index is 13.4. The summed E-state index contributed by atoms with van der Waals surface area (Å²) in [5, 5.41) is 0. The molecule has 4 rings (SSSR count). The summed E-state index contributed by atoms with van der Waals surface area (Å²) < 4.78 is 79.5. The first-order valence-corrected chi connectivity index (χ1v) is 11.2. The van der Waals surface area contributed by atoms with Crippen LogP contribution in [0.4, 0.5) is 17.6 Å². The minimum absolute atomic E-state index is 0.00744. The average Bonchev–Trinajstić information content (AvgIpc) is 3.02. The summed E-state index contributed by atoms with van der Waals surface area (Å²) in [6, 6.07) is 9.30. The van der Waals surface area contributed by atoms with E-state index >= 15 is 0 Å². The number of sulfonamides is 1. The number of halogens is 4. The van der Waals surface area contributed by atoms with E-state index in [1.165, 1.54) is 12.1 Å². The lowest BCUT2D eigenvalue weighted by molar-refractivity contribution is -0.137. The van der Waals surface area contributed by atoms with Gasteiger partial charge in [-0.25, -0.2) is 12.8 Å². The molecule has 0 bridgehead atoms. The van der Waals surface area contributed by atoms with Crippen LogP contribution in [0.25, 0.3) is 0 Å². The number of hydrogen-bond donors (Lipinski definition) is 0. The van der Waals surface area contributed by atoms with E-state index in [9.17, 15) is 30.8 Å². The molecule has 31 heavy (non-hydrogen) atoms. The van der Waals surface area contributed by atoms with Crippen molar-refractivity contribution >= 4 is 15.9 Å². The second-order valence-electron chi connectivity index (χ2n) is 7.84. The normalized spacial score (nSPS) is 22.6. The molecule has 0 N–H and O–H groups in total. The molecule has 2 fully saturated rings. The zero-order chi connectivity index (χ0) is 22.4. The highest BCUT2D eigenvalue weighted by Gasteiger charge is 2.44. The third-order valence-corrected chi connectivity index (χ3v) is 7.67. The molecule has 2 aliphatic rings. The number of alkyl halides is 3. The Bertz CT molecular complexity index is 1100. The molecule has 2 heterocycles. The van der Waals surface area contributed by atoms with Crippen LogP contribution in [0.2, 0.25) is 0 Å². The Morgan fingerprint density at radius 3 is 2.48 bits per heavy atom. The van der Waals surface area contributed by atoms with Gasteiger partial charge in [-0.15, -0.1) is 0 Å². The Morgan fingerprint density at radius 2 is 1.77 bits per heavy atom. The molecule has 0 spiro atoms. The highest BCUT2D eigenvalue weighted by Crippen LogP contribution is 2.34. The van der Waals surface area contributed by atoms with Crippen LogP contribution in [-0.4, -0.2) is 49.2 Å². The van der Waals surface area contributed by atoms with Gasteiger partial charge in [0.1, 0.15) is 5.82 Å². The number of piperazine rings is 1. The third kappa shape index (κ3) is 4.31. The summed E-state index contributed by atoms with van der Waals surface area (Å²) in [5.41, 5.74) is -0.343. The van der Waals surface area contributed by atoms with Gasteiger partial charge in [-0.05, 0) is 48.7 Å². The van der Waals surface area contributed by atoms with Crippen molar-refractivity contribution in [2.75, 3.05) is 19.6 Å². The Morgan fingerprint density at radius 1 is 1.03 bits per heavy atom. The van der Waals surface area contributed by atoms with Gasteiger partial charge in [0.05, 0.1) is 10.5 Å². The topological polar surface area (TPSA) is 57.7 Å². The standard InChI is InChI=1S/C21H20F4N2O3S/c22-17-5-1-3-14(10-17)9-15-11-18-13-26(7-8-27(18)20(15)28)31(29,30)19-6-2-4-16(12-19)21(23,24)25/h1-6,10,12,15,18H,7-9,11,13H2/t15?,18-/m0/s1. The van der Waals surface area contributed by atoms with Crippen LogP contribution in [0.5, 0.6) is 0 Å². The van der Waals surface area contributed by atoms with Crippen LogP contribution in [0.15, 0.2) is 53.4 Å². The highest BCUT2D eigenvalue weighted by molar-refractivity contribution is 7.89. The molecule has 10 heteroatoms. The SMILES string of the molecule is O=C1C(Cc2cccc(F)c2)C[C@H]2CN(S(=O)(=O)c3cccc(C(F)(F)F)c3)CCN12. The molecule has 2 aromatic carbocycles. The van der Waals surface area contributed by atoms with Crippen LogP contribution >= 0.6 is 0 Å². The summed E-state index contributed by atoms with van der Waals surface area (Å²) >= 11 is 0. The van der Waals surface area contributed by atoms with Crippen LogP contribution in [0.1, 0.15) is 17.5 Å². The van der Waals surface area contributed by atoms with Gasteiger partial charge >= 0.3 is 6.18 Å². The first kappa shape index (κ1) is 21.8. The lowest BCUT2D eigenvalue weighted by Gasteiger charge is -2.36. The van der Waals surface area contributed by atoms with Gasteiger partial charge < -0.3 is 4.90 Å². The lowest BCUT2D eigenvalue weighted by Crippen LogP contribution is -2.53. The predicted molar refractivity (Wildman–Crippen MR) is 104 cm³/mol. The highest BCUT2D eigenvalue weighted by atomic mass is 32.2. The molecule has 1 unspecified atom stereocenters. The van der Waals surface area contributed by atoms with Crippen molar-refractivity contribution in [2.24, 2.45) is 5.92 Å². The van der Waals surface area contributed by atoms with Crippen LogP contribution < -0.4 is 0 Å². The van der Waals surface area contributed by atoms with Crippen molar-refractivity contribution in [3.8, 4) is 0 Å². The molecule has 2 aliphatic heterocycles. The van der Waals surface area contributed by atoms with E-state index in [-0.39, 0.29) is 43.3 Å². The molecule has 2 saturated heterocycles. The maximum Gasteiger partial charge on any atom is 0.416 e. The number of carbonyl (C=O) groups excluding carboxylic acids is 1. The van der Waals surface area contributed by atoms with Gasteiger partial charge in [0.2, 0.25) is 15.9 Å². The zero-order valence-electron chi connectivity index (χ0n) is 16.3. The Hall–Kier alpha value is -2.46. The number of nitrogens with zero attached hydrogens (tertiary/aromatic N) is 2. The van der Waals surface area contributed by atoms with Crippen molar-refractivity contribution in [1.82, 2.24) is 9.21 Å². The van der Waals surface area contributed by atoms with Gasteiger partial charge in [-0.3, -0.25) is 4.79 Å². The Balaban J connectivity index is 1.50. The van der Waals surface area contributed by atoms with Crippen molar-refractivity contribution in [2.45, 2.75) is 30.0 Å². The number of amides is 1. The number of rotatable bonds is 4. The van der Waals surface area contributed by atoms with E-state index in [0.29, 0.717) is 24.5 Å². The molecule has 166 valence electrons. The van der Waals surface area contributed by atoms with Gasteiger partial charge in [-0.1, -0.05) is 18.2 Å². The fourth-order valence-corrected chi connectivity index (χ4v) is 5.82. The van der Waals surface area contributed by atoms with Crippen molar-refractivity contribution in [3.05, 3.63) is 65.5 Å². The van der Waals surface area contributed by atoms with Gasteiger partial charge in [-0.2, -0.15) is 17.5 Å². The summed E-state index contributed by atoms with van der Waals surface area (Å²) in [6.07, 6.45) is -3.89. The fourth-order valence-electron chi connectivity index (χ4n) is 4.30. The molecule has 0 aromatic heterocycles. The molecule has 2 aromatic rings.